The van der Waals surface area contributed by atoms with Crippen LogP contribution in [0.1, 0.15) is 24.2 Å². The largest absolute Gasteiger partial charge is 0.361 e. The minimum atomic E-state index is -0.0613. The smallest absolute Gasteiger partial charge is 0.248 e. The summed E-state index contributed by atoms with van der Waals surface area (Å²) in [5.41, 5.74) is 2.38. The van der Waals surface area contributed by atoms with Gasteiger partial charge >= 0.3 is 0 Å². The maximum absolute atomic E-state index is 11.8. The van der Waals surface area contributed by atoms with Crippen molar-refractivity contribution in [2.24, 2.45) is 0 Å². The summed E-state index contributed by atoms with van der Waals surface area (Å²) in [5.74, 6) is 0.961. The van der Waals surface area contributed by atoms with Crippen molar-refractivity contribution in [1.29, 1.82) is 0 Å². The van der Waals surface area contributed by atoms with Crippen molar-refractivity contribution in [1.82, 2.24) is 20.2 Å². The number of aryl methyl sites for hydroxylation is 2. The number of benzene rings is 1. The Labute approximate surface area is 122 Å². The molecule has 108 valence electrons. The van der Waals surface area contributed by atoms with E-state index in [0.717, 1.165) is 18.4 Å². The highest BCUT2D eigenvalue weighted by Gasteiger charge is 2.07. The van der Waals surface area contributed by atoms with Crippen molar-refractivity contribution in [3.63, 3.8) is 0 Å². The van der Waals surface area contributed by atoms with Gasteiger partial charge in [-0.2, -0.15) is 4.98 Å². The normalized spacial score (nSPS) is 10.9. The van der Waals surface area contributed by atoms with Gasteiger partial charge in [-0.05, 0) is 31.4 Å². The number of nitrogens with zero attached hydrogens (tertiary/aromatic N) is 2. The van der Waals surface area contributed by atoms with Gasteiger partial charge in [0.05, 0.1) is 0 Å². The number of carbonyl (C=O) groups is 1. The van der Waals surface area contributed by atoms with Crippen molar-refractivity contribution < 1.29 is 4.79 Å². The molecule has 3 N–H and O–H groups in total. The molecule has 0 unspecified atom stereocenters. The number of amides is 1. The van der Waals surface area contributed by atoms with E-state index in [2.05, 4.69) is 37.6 Å². The number of carbonyl (C=O) groups excluding carboxylic acids is 1. The van der Waals surface area contributed by atoms with Gasteiger partial charge in [-0.15, -0.1) is 5.10 Å². The summed E-state index contributed by atoms with van der Waals surface area (Å²) in [6, 6.07) is 8.18. The third-order valence-electron chi connectivity index (χ3n) is 3.37. The molecule has 2 aromatic heterocycles. The molecule has 6 heteroatoms. The Balaban J connectivity index is 1.53. The average Bonchev–Trinajstić information content (AvgIpc) is 3.06. The number of aromatic amines is 2. The quantitative estimate of drug-likeness (QED) is 0.672. The summed E-state index contributed by atoms with van der Waals surface area (Å²) in [6.07, 6.45) is 4.12. The lowest BCUT2D eigenvalue weighted by Gasteiger charge is -2.01. The molecule has 2 heterocycles. The second-order valence-corrected chi connectivity index (χ2v) is 5.01. The second-order valence-electron chi connectivity index (χ2n) is 5.01. The van der Waals surface area contributed by atoms with Gasteiger partial charge in [0.1, 0.15) is 5.82 Å². The van der Waals surface area contributed by atoms with Crippen molar-refractivity contribution in [3.05, 3.63) is 41.9 Å². The van der Waals surface area contributed by atoms with E-state index in [1.54, 1.807) is 6.92 Å². The molecule has 0 aliphatic heterocycles. The molecule has 0 radical (unpaired) electrons. The first-order valence-electron chi connectivity index (χ1n) is 6.96. The molecular formula is C15H17N5O. The van der Waals surface area contributed by atoms with Gasteiger partial charge < -0.3 is 4.98 Å². The number of hydrogen-bond donors (Lipinski definition) is 3. The van der Waals surface area contributed by atoms with Gasteiger partial charge in [-0.1, -0.05) is 18.2 Å². The molecule has 1 amide bonds. The monoisotopic (exact) mass is 283 g/mol. The third-order valence-corrected chi connectivity index (χ3v) is 3.37. The maximum atomic E-state index is 11.8. The standard InChI is InChI=1S/C15H17N5O/c1-10-17-15(20-19-10)18-14(21)8-4-5-11-9-16-13-7-3-2-6-12(11)13/h2-3,6-7,9,16H,4-5,8H2,1H3,(H2,17,18,19,20,21). The summed E-state index contributed by atoms with van der Waals surface area (Å²) in [7, 11) is 0. The Morgan fingerprint density at radius 3 is 3.00 bits per heavy atom. The van der Waals surface area contributed by atoms with Crippen molar-refractivity contribution in [2.75, 3.05) is 5.32 Å². The zero-order chi connectivity index (χ0) is 14.7. The van der Waals surface area contributed by atoms with E-state index in [4.69, 9.17) is 0 Å². The van der Waals surface area contributed by atoms with Crippen LogP contribution in [0.4, 0.5) is 5.95 Å². The lowest BCUT2D eigenvalue weighted by molar-refractivity contribution is -0.116. The van der Waals surface area contributed by atoms with Crippen LogP contribution in [0.2, 0.25) is 0 Å². The summed E-state index contributed by atoms with van der Waals surface area (Å²) >= 11 is 0. The van der Waals surface area contributed by atoms with Gasteiger partial charge in [0.25, 0.3) is 0 Å². The number of hydrogen-bond acceptors (Lipinski definition) is 3. The molecule has 3 aromatic rings. The molecule has 0 saturated heterocycles. The number of H-pyrrole nitrogens is 2. The second kappa shape index (κ2) is 5.78. The number of rotatable bonds is 5. The number of anilines is 1. The first-order valence-corrected chi connectivity index (χ1v) is 6.96. The van der Waals surface area contributed by atoms with E-state index < -0.39 is 0 Å². The molecule has 0 spiro atoms. The Bertz CT molecular complexity index is 758. The Morgan fingerprint density at radius 2 is 2.19 bits per heavy atom. The molecule has 0 atom stereocenters. The van der Waals surface area contributed by atoms with Crippen LogP contribution in [0, 0.1) is 6.92 Å². The fourth-order valence-corrected chi connectivity index (χ4v) is 2.36. The lowest BCUT2D eigenvalue weighted by atomic mass is 10.1. The molecule has 3 rings (SSSR count). The maximum Gasteiger partial charge on any atom is 0.248 e. The Hall–Kier alpha value is -2.63. The number of para-hydroxylation sites is 1. The fraction of sp³-hybridized carbons (Fsp3) is 0.267. The average molecular weight is 283 g/mol. The molecule has 0 aliphatic carbocycles. The molecule has 6 nitrogen and oxygen atoms in total. The molecule has 1 aromatic carbocycles. The Kier molecular flexibility index (Phi) is 3.68. The molecule has 0 bridgehead atoms. The van der Waals surface area contributed by atoms with Crippen LogP contribution in [-0.2, 0) is 11.2 Å². The van der Waals surface area contributed by atoms with E-state index in [9.17, 15) is 4.79 Å². The molecule has 0 aliphatic rings. The summed E-state index contributed by atoms with van der Waals surface area (Å²) in [5, 5.41) is 10.5. The predicted octanol–water partition coefficient (Wildman–Crippen LogP) is 2.56. The minimum absolute atomic E-state index is 0.0613. The summed E-state index contributed by atoms with van der Waals surface area (Å²) in [6.45, 7) is 1.79. The minimum Gasteiger partial charge on any atom is -0.361 e. The number of fused-ring (bicyclic) bond motifs is 1. The molecule has 0 fully saturated rings. The van der Waals surface area contributed by atoms with Crippen molar-refractivity contribution in [2.45, 2.75) is 26.2 Å². The fourth-order valence-electron chi connectivity index (χ4n) is 2.36. The van der Waals surface area contributed by atoms with Gasteiger partial charge in [0.15, 0.2) is 0 Å². The van der Waals surface area contributed by atoms with Gasteiger partial charge in [-0.3, -0.25) is 15.2 Å². The predicted molar refractivity (Wildman–Crippen MR) is 81.0 cm³/mol. The van der Waals surface area contributed by atoms with E-state index in [1.165, 1.54) is 10.9 Å². The molecule has 0 saturated carbocycles. The van der Waals surface area contributed by atoms with Gasteiger partial charge in [-0.25, -0.2) is 0 Å². The van der Waals surface area contributed by atoms with Crippen molar-refractivity contribution in [3.8, 4) is 0 Å². The van der Waals surface area contributed by atoms with E-state index >= 15 is 0 Å². The highest BCUT2D eigenvalue weighted by Crippen LogP contribution is 2.19. The van der Waals surface area contributed by atoms with Crippen LogP contribution in [0.5, 0.6) is 0 Å². The third kappa shape index (κ3) is 3.10. The van der Waals surface area contributed by atoms with E-state index in [-0.39, 0.29) is 5.91 Å². The first-order chi connectivity index (χ1) is 10.2. The highest BCUT2D eigenvalue weighted by atomic mass is 16.1. The van der Waals surface area contributed by atoms with Crippen LogP contribution in [-0.4, -0.2) is 26.1 Å². The van der Waals surface area contributed by atoms with E-state index in [1.807, 2.05) is 18.3 Å². The van der Waals surface area contributed by atoms with Crippen LogP contribution < -0.4 is 5.32 Å². The van der Waals surface area contributed by atoms with Gasteiger partial charge in [0, 0.05) is 23.5 Å². The molecule has 21 heavy (non-hydrogen) atoms. The van der Waals surface area contributed by atoms with Crippen LogP contribution in [0.25, 0.3) is 10.9 Å². The topological polar surface area (TPSA) is 86.5 Å². The zero-order valence-electron chi connectivity index (χ0n) is 11.8. The summed E-state index contributed by atoms with van der Waals surface area (Å²) in [4.78, 5) is 19.1. The number of nitrogens with one attached hydrogen (secondary N) is 3. The first kappa shape index (κ1) is 13.4. The number of aromatic nitrogens is 4. The van der Waals surface area contributed by atoms with Crippen LogP contribution in [0.15, 0.2) is 30.5 Å². The van der Waals surface area contributed by atoms with Gasteiger partial charge in [0.2, 0.25) is 11.9 Å². The highest BCUT2D eigenvalue weighted by molar-refractivity contribution is 5.89. The molecular weight excluding hydrogens is 266 g/mol. The summed E-state index contributed by atoms with van der Waals surface area (Å²) < 4.78 is 0. The van der Waals surface area contributed by atoms with E-state index in [0.29, 0.717) is 18.2 Å². The van der Waals surface area contributed by atoms with Crippen LogP contribution >= 0.6 is 0 Å². The van der Waals surface area contributed by atoms with Crippen molar-refractivity contribution >= 4 is 22.8 Å². The van der Waals surface area contributed by atoms with Crippen LogP contribution in [0.3, 0.4) is 0 Å². The zero-order valence-corrected chi connectivity index (χ0v) is 11.8. The Morgan fingerprint density at radius 1 is 1.33 bits per heavy atom. The lowest BCUT2D eigenvalue weighted by Crippen LogP contribution is -2.12. The SMILES string of the molecule is Cc1nc(NC(=O)CCCc2c[nH]c3ccccc23)n[nH]1.